The van der Waals surface area contributed by atoms with Crippen LogP contribution in [0, 0.1) is 13.8 Å². The van der Waals surface area contributed by atoms with Gasteiger partial charge in [-0.1, -0.05) is 6.07 Å². The van der Waals surface area contributed by atoms with Crippen molar-refractivity contribution in [2.45, 2.75) is 89.1 Å². The highest BCUT2D eigenvalue weighted by Crippen LogP contribution is 2.26. The highest BCUT2D eigenvalue weighted by Gasteiger charge is 2.29. The molecule has 2 heterocycles. The summed E-state index contributed by atoms with van der Waals surface area (Å²) in [6, 6.07) is 4.93. The monoisotopic (exact) mass is 718 g/mol. The van der Waals surface area contributed by atoms with Gasteiger partial charge in [0.1, 0.15) is 17.6 Å². The molecule has 3 rings (SSSR count). The molecule has 0 unspecified atom stereocenters. The van der Waals surface area contributed by atoms with E-state index in [1.54, 1.807) is 26.0 Å². The number of hydrogen-bond donors (Lipinski definition) is 6. The number of nitrogens with zero attached hydrogens (tertiary/aromatic N) is 1. The number of imide groups is 1. The molecule has 0 fully saturated rings. The molecule has 1 aromatic carbocycles. The fraction of sp³-hybridized carbons (Fsp3) is 0.559. The number of benzene rings is 1. The van der Waals surface area contributed by atoms with Crippen LogP contribution in [0.25, 0.3) is 0 Å². The second-order valence-corrected chi connectivity index (χ2v) is 13.8. The van der Waals surface area contributed by atoms with Crippen LogP contribution in [0.15, 0.2) is 29.2 Å². The molecule has 4 amide bonds. The standard InChI is InChI=1S/C34H51N7O8S/c1-22-19-27(49-18-8-12-29(42)36-16-17-38-33(44)24(3)35)20-23(2)31(22)50(46,47)41-28(21-48-4)34(45)40-30(43)11-6-5-10-26-14-13-25-9-7-15-37-32(25)39-26/h13-14,19-20,24,28,41H,5-12,15-18,21,35H2,1-4H3,(H,36,42)(H,37,39)(H,38,44)(H,40,43,45)/t24-,28+/m1/s1/i3D. The van der Waals surface area contributed by atoms with Crippen molar-refractivity contribution in [3.05, 3.63) is 46.6 Å². The van der Waals surface area contributed by atoms with E-state index >= 15 is 0 Å². The number of ether oxygens (including phenoxy) is 2. The molecule has 276 valence electrons. The molecule has 1 aromatic heterocycles. The van der Waals surface area contributed by atoms with E-state index in [1.165, 1.54) is 12.7 Å². The Labute approximate surface area is 295 Å². The molecular formula is C34H51N7O8S. The molecule has 0 radical (unpaired) electrons. The minimum Gasteiger partial charge on any atom is -0.494 e. The molecule has 1 aliphatic heterocycles. The Morgan fingerprint density at radius 1 is 1.02 bits per heavy atom. The zero-order chi connectivity index (χ0) is 37.4. The van der Waals surface area contributed by atoms with E-state index in [4.69, 9.17) is 16.6 Å². The maximum absolute atomic E-state index is 13.5. The van der Waals surface area contributed by atoms with Gasteiger partial charge in [-0.25, -0.2) is 13.4 Å². The summed E-state index contributed by atoms with van der Waals surface area (Å²) < 4.78 is 47.2. The molecule has 7 N–H and O–H groups in total. The number of nitrogens with two attached hydrogens (primary N) is 1. The van der Waals surface area contributed by atoms with Gasteiger partial charge in [0.05, 0.1) is 24.2 Å². The molecule has 0 saturated carbocycles. The van der Waals surface area contributed by atoms with Gasteiger partial charge < -0.3 is 31.2 Å². The normalized spacial score (nSPS) is 14.0. The Morgan fingerprint density at radius 3 is 2.46 bits per heavy atom. The number of rotatable bonds is 20. The van der Waals surface area contributed by atoms with Crippen molar-refractivity contribution in [3.8, 4) is 5.75 Å². The van der Waals surface area contributed by atoms with Gasteiger partial charge in [0.2, 0.25) is 33.7 Å². The Balaban J connectivity index is 1.44. The number of aryl methyl sites for hydroxylation is 4. The van der Waals surface area contributed by atoms with Crippen LogP contribution in [0.1, 0.15) is 69.2 Å². The van der Waals surface area contributed by atoms with Gasteiger partial charge >= 0.3 is 0 Å². The minimum atomic E-state index is -4.22. The minimum absolute atomic E-state index is 0.0313. The summed E-state index contributed by atoms with van der Waals surface area (Å²) in [6.45, 7) is 4.19. The number of methoxy groups -OCH3 is 1. The van der Waals surface area contributed by atoms with Crippen molar-refractivity contribution in [1.82, 2.24) is 25.7 Å². The van der Waals surface area contributed by atoms with Gasteiger partial charge in [0.25, 0.3) is 0 Å². The molecular weight excluding hydrogens is 666 g/mol. The summed E-state index contributed by atoms with van der Waals surface area (Å²) in [6.07, 6.45) is 4.66. The van der Waals surface area contributed by atoms with E-state index in [2.05, 4.69) is 37.0 Å². The van der Waals surface area contributed by atoms with Crippen LogP contribution in [0.2, 0.25) is 0 Å². The summed E-state index contributed by atoms with van der Waals surface area (Å²) in [5.41, 5.74) is 8.36. The number of pyridine rings is 1. The zero-order valence-electron chi connectivity index (χ0n) is 30.1. The highest BCUT2D eigenvalue weighted by atomic mass is 32.2. The molecule has 15 nitrogen and oxygen atoms in total. The van der Waals surface area contributed by atoms with Gasteiger partial charge in [0.15, 0.2) is 0 Å². The summed E-state index contributed by atoms with van der Waals surface area (Å²) in [4.78, 5) is 53.8. The van der Waals surface area contributed by atoms with Crippen LogP contribution in [0.5, 0.6) is 5.75 Å². The predicted octanol–water partition coefficient (Wildman–Crippen LogP) is 1.14. The van der Waals surface area contributed by atoms with Crippen molar-refractivity contribution in [3.63, 3.8) is 0 Å². The van der Waals surface area contributed by atoms with Crippen LogP contribution in [0.3, 0.4) is 0 Å². The number of amides is 4. The van der Waals surface area contributed by atoms with E-state index < -0.39 is 39.8 Å². The lowest BCUT2D eigenvalue weighted by Crippen LogP contribution is -2.50. The lowest BCUT2D eigenvalue weighted by Gasteiger charge is -2.20. The molecule has 0 saturated heterocycles. The lowest BCUT2D eigenvalue weighted by molar-refractivity contribution is -0.132. The average Bonchev–Trinajstić information content (AvgIpc) is 3.09. The summed E-state index contributed by atoms with van der Waals surface area (Å²) in [7, 11) is -2.90. The maximum atomic E-state index is 13.5. The second-order valence-electron chi connectivity index (χ2n) is 12.2. The quantitative estimate of drug-likeness (QED) is 0.107. The fourth-order valence-corrected chi connectivity index (χ4v) is 7.04. The lowest BCUT2D eigenvalue weighted by atomic mass is 10.1. The van der Waals surface area contributed by atoms with Crippen molar-refractivity contribution >= 4 is 39.5 Å². The largest absolute Gasteiger partial charge is 0.494 e. The van der Waals surface area contributed by atoms with Crippen LogP contribution in [-0.2, 0) is 46.8 Å². The Kier molecular flexibility index (Phi) is 15.4. The first-order chi connectivity index (χ1) is 24.3. The smallest absolute Gasteiger partial charge is 0.247 e. The third kappa shape index (κ3) is 13.0. The number of anilines is 1. The molecule has 0 spiro atoms. The fourth-order valence-electron chi connectivity index (χ4n) is 5.41. The van der Waals surface area contributed by atoms with Gasteiger partial charge in [-0.05, 0) is 94.2 Å². The number of sulfonamides is 1. The Bertz CT molecular complexity index is 1600. The predicted molar refractivity (Wildman–Crippen MR) is 188 cm³/mol. The van der Waals surface area contributed by atoms with E-state index in [-0.39, 0.29) is 56.8 Å². The maximum Gasteiger partial charge on any atom is 0.247 e. The molecule has 1 aliphatic rings. The first-order valence-corrected chi connectivity index (χ1v) is 18.2. The molecule has 0 aliphatic carbocycles. The number of hydrogen-bond acceptors (Lipinski definition) is 11. The topological polar surface area (TPSA) is 220 Å². The second kappa shape index (κ2) is 19.9. The van der Waals surface area contributed by atoms with Crippen LogP contribution >= 0.6 is 0 Å². The zero-order valence-corrected chi connectivity index (χ0v) is 29.9. The summed E-state index contributed by atoms with van der Waals surface area (Å²) in [5.74, 6) is -0.676. The van der Waals surface area contributed by atoms with Gasteiger partial charge in [-0.2, -0.15) is 4.72 Å². The average molecular weight is 719 g/mol. The van der Waals surface area contributed by atoms with E-state index in [0.717, 1.165) is 30.9 Å². The molecule has 0 bridgehead atoms. The summed E-state index contributed by atoms with van der Waals surface area (Å²) >= 11 is 0. The van der Waals surface area contributed by atoms with Crippen molar-refractivity contribution in [2.24, 2.45) is 5.73 Å². The van der Waals surface area contributed by atoms with Gasteiger partial charge in [-0.3, -0.25) is 24.5 Å². The van der Waals surface area contributed by atoms with Crippen molar-refractivity contribution in [1.29, 1.82) is 0 Å². The third-order valence-corrected chi connectivity index (χ3v) is 9.63. The first kappa shape index (κ1) is 38.7. The van der Waals surface area contributed by atoms with Crippen LogP contribution < -0.4 is 36.5 Å². The van der Waals surface area contributed by atoms with Crippen molar-refractivity contribution < 1.29 is 38.4 Å². The molecule has 50 heavy (non-hydrogen) atoms. The summed E-state index contributed by atoms with van der Waals surface area (Å²) in [5, 5.41) is 10.8. The highest BCUT2D eigenvalue weighted by molar-refractivity contribution is 7.89. The number of carbonyl (C=O) groups is 4. The number of carbonyl (C=O) groups excluding carboxylic acids is 4. The molecule has 16 heteroatoms. The van der Waals surface area contributed by atoms with Gasteiger partial charge in [-0.15, -0.1) is 0 Å². The molecule has 2 atom stereocenters. The number of nitrogens with one attached hydrogen (secondary N) is 5. The van der Waals surface area contributed by atoms with E-state index in [1.807, 2.05) is 6.07 Å². The van der Waals surface area contributed by atoms with Crippen LogP contribution in [0.4, 0.5) is 5.82 Å². The van der Waals surface area contributed by atoms with Gasteiger partial charge in [0, 0.05) is 46.7 Å². The van der Waals surface area contributed by atoms with Crippen LogP contribution in [-0.4, -0.2) is 89.1 Å². The Morgan fingerprint density at radius 2 is 1.74 bits per heavy atom. The van der Waals surface area contributed by atoms with Crippen molar-refractivity contribution in [2.75, 3.05) is 45.3 Å². The van der Waals surface area contributed by atoms with E-state index in [9.17, 15) is 27.6 Å². The Hall–Kier alpha value is -4.12. The third-order valence-electron chi connectivity index (χ3n) is 7.85. The SMILES string of the molecule is [2H]C[C@@H](N)C(=O)NCCNC(=O)CCCOc1cc(C)c(S(=O)(=O)N[C@@H](COC)C(=O)NC(=O)CCCCc2ccc3c(n2)NCCC3)c(C)c1. The number of unbranched alkanes of at least 4 members (excludes halogenated alkanes) is 1. The number of aromatic nitrogens is 1. The molecule has 2 aromatic rings. The number of fused-ring (bicyclic) bond motifs is 1. The first-order valence-electron chi connectivity index (χ1n) is 17.5. The van der Waals surface area contributed by atoms with E-state index in [0.29, 0.717) is 42.6 Å².